The predicted octanol–water partition coefficient (Wildman–Crippen LogP) is 2.61. The zero-order valence-corrected chi connectivity index (χ0v) is 18.9. The molecule has 0 radical (unpaired) electrons. The maximum absolute atomic E-state index is 12.3. The van der Waals surface area contributed by atoms with Gasteiger partial charge in [-0.15, -0.1) is 0 Å². The summed E-state index contributed by atoms with van der Waals surface area (Å²) >= 11 is 8.67. The molecule has 1 aliphatic heterocycles. The minimum absolute atomic E-state index is 0.254. The van der Waals surface area contributed by atoms with Crippen LogP contribution in [0.2, 0.25) is 0 Å². The van der Waals surface area contributed by atoms with Crippen molar-refractivity contribution in [1.29, 1.82) is 0 Å². The lowest BCUT2D eigenvalue weighted by Crippen LogP contribution is -2.50. The molecule has 1 aromatic rings. The molecule has 2 rings (SSSR count). The number of nitrogens with one attached hydrogen (secondary N) is 2. The second kappa shape index (κ2) is 9.93. The molecule has 0 unspecified atom stereocenters. The smallest absolute Gasteiger partial charge is 0.347 e. The van der Waals surface area contributed by atoms with Gasteiger partial charge in [0.05, 0.1) is 31.3 Å². The molecule has 0 aromatic heterocycles. The number of thiocarbonyl (C=S) groups is 1. The van der Waals surface area contributed by atoms with Gasteiger partial charge in [-0.2, -0.15) is 0 Å². The van der Waals surface area contributed by atoms with Crippen LogP contribution in [0.25, 0.3) is 0 Å². The van der Waals surface area contributed by atoms with Crippen LogP contribution in [0.1, 0.15) is 25.5 Å². The average molecular weight is 487 g/mol. The maximum atomic E-state index is 12.3. The third-order valence-corrected chi connectivity index (χ3v) is 5.06. The van der Waals surface area contributed by atoms with Crippen LogP contribution >= 0.6 is 28.1 Å². The summed E-state index contributed by atoms with van der Waals surface area (Å²) in [6.07, 6.45) is -0.835. The Morgan fingerprint density at radius 1 is 1.34 bits per heavy atom. The van der Waals surface area contributed by atoms with Crippen molar-refractivity contribution in [2.24, 2.45) is 5.92 Å². The van der Waals surface area contributed by atoms with Crippen molar-refractivity contribution >= 4 is 45.2 Å². The van der Waals surface area contributed by atoms with Crippen LogP contribution in [0.3, 0.4) is 0 Å². The van der Waals surface area contributed by atoms with E-state index in [1.807, 2.05) is 0 Å². The molecule has 0 bridgehead atoms. The van der Waals surface area contributed by atoms with Gasteiger partial charge in [-0.1, -0.05) is 6.58 Å². The first kappa shape index (κ1) is 23.0. The molecule has 0 saturated carbocycles. The fourth-order valence-electron chi connectivity index (χ4n) is 2.88. The van der Waals surface area contributed by atoms with Crippen LogP contribution in [0, 0.1) is 5.92 Å². The number of benzene rings is 1. The Bertz CT molecular complexity index is 831. The van der Waals surface area contributed by atoms with E-state index in [1.165, 1.54) is 14.2 Å². The maximum Gasteiger partial charge on any atom is 0.347 e. The minimum Gasteiger partial charge on any atom is -0.493 e. The number of halogens is 1. The highest BCUT2D eigenvalue weighted by Crippen LogP contribution is 2.41. The van der Waals surface area contributed by atoms with Crippen LogP contribution in [-0.2, 0) is 19.1 Å². The van der Waals surface area contributed by atoms with Gasteiger partial charge in [0.25, 0.3) is 0 Å². The molecule has 1 fully saturated rings. The van der Waals surface area contributed by atoms with Crippen LogP contribution in [0.15, 0.2) is 28.9 Å². The van der Waals surface area contributed by atoms with Crippen molar-refractivity contribution in [2.75, 3.05) is 20.8 Å². The number of hydrogen-bond donors (Lipinski definition) is 2. The van der Waals surface area contributed by atoms with Crippen molar-refractivity contribution in [2.45, 2.75) is 26.0 Å². The summed E-state index contributed by atoms with van der Waals surface area (Å²) in [5.74, 6) is -0.965. The summed E-state index contributed by atoms with van der Waals surface area (Å²) in [6.45, 7) is 7.45. The molecule has 3 atom stereocenters. The summed E-state index contributed by atoms with van der Waals surface area (Å²) in [7, 11) is 2.79. The van der Waals surface area contributed by atoms with Crippen molar-refractivity contribution in [3.8, 4) is 11.5 Å². The topological polar surface area (TPSA) is 95.1 Å². The van der Waals surface area contributed by atoms with Gasteiger partial charge in [-0.3, -0.25) is 4.79 Å². The van der Waals surface area contributed by atoms with Crippen LogP contribution < -0.4 is 20.1 Å². The normalized spacial score (nSPS) is 19.5. The van der Waals surface area contributed by atoms with Gasteiger partial charge in [0.15, 0.2) is 22.7 Å². The number of esters is 2. The Morgan fingerprint density at radius 3 is 2.62 bits per heavy atom. The highest BCUT2D eigenvalue weighted by Gasteiger charge is 2.38. The standard InChI is InChI=1S/C19H23BrN2O6S/c1-6-27-17(23)10(3)28-16-12(20)7-11(8-13(16)25-4)15-14(18(24)26-5)9(2)21-19(29)22-15/h7-8,10,14-15H,2,6H2,1,3-5H3,(H2,21,22,29)/t10-,14+,15-/m0/s1. The Balaban J connectivity index is 2.42. The molecule has 1 saturated heterocycles. The molecule has 8 nitrogen and oxygen atoms in total. The van der Waals surface area contributed by atoms with Gasteiger partial charge in [0.1, 0.15) is 5.92 Å². The summed E-state index contributed by atoms with van der Waals surface area (Å²) in [4.78, 5) is 24.2. The van der Waals surface area contributed by atoms with Gasteiger partial charge in [-0.05, 0) is 59.7 Å². The molecule has 1 heterocycles. The third-order valence-electron chi connectivity index (χ3n) is 4.25. The molecule has 0 amide bonds. The van der Waals surface area contributed by atoms with Crippen molar-refractivity contribution < 1.29 is 28.5 Å². The molecule has 1 aliphatic rings. The van der Waals surface area contributed by atoms with Crippen LogP contribution in [0.4, 0.5) is 0 Å². The zero-order valence-electron chi connectivity index (χ0n) is 16.5. The fraction of sp³-hybridized carbons (Fsp3) is 0.421. The molecule has 0 aliphatic carbocycles. The SMILES string of the molecule is C=C1NC(=S)N[C@@H](c2cc(Br)c(O[C@@H](C)C(=O)OCC)c(OC)c2)[C@@H]1C(=O)OC. The van der Waals surface area contributed by atoms with Gasteiger partial charge >= 0.3 is 11.9 Å². The molecule has 10 heteroatoms. The first-order valence-corrected chi connectivity index (χ1v) is 9.98. The highest BCUT2D eigenvalue weighted by atomic mass is 79.9. The van der Waals surface area contributed by atoms with Gasteiger partial charge in [0, 0.05) is 5.70 Å². The number of carbonyl (C=O) groups is 2. The molecule has 158 valence electrons. The first-order chi connectivity index (χ1) is 13.7. The van der Waals surface area contributed by atoms with E-state index in [4.69, 9.17) is 31.2 Å². The summed E-state index contributed by atoms with van der Waals surface area (Å²) in [5.41, 5.74) is 1.11. The number of hydrogen-bond acceptors (Lipinski definition) is 7. The zero-order chi connectivity index (χ0) is 21.7. The number of rotatable bonds is 7. The monoisotopic (exact) mass is 486 g/mol. The van der Waals surface area contributed by atoms with Crippen molar-refractivity contribution in [3.05, 3.63) is 34.4 Å². The molecular weight excluding hydrogens is 464 g/mol. The van der Waals surface area contributed by atoms with Crippen molar-refractivity contribution in [3.63, 3.8) is 0 Å². The van der Waals surface area contributed by atoms with Gasteiger partial charge in [-0.25, -0.2) is 4.79 Å². The summed E-state index contributed by atoms with van der Waals surface area (Å²) in [6, 6.07) is 2.92. The predicted molar refractivity (Wildman–Crippen MR) is 114 cm³/mol. The van der Waals surface area contributed by atoms with Crippen molar-refractivity contribution in [1.82, 2.24) is 10.6 Å². The Hall–Kier alpha value is -2.33. The molecule has 0 spiro atoms. The Morgan fingerprint density at radius 2 is 2.03 bits per heavy atom. The van der Waals surface area contributed by atoms with E-state index in [-0.39, 0.29) is 6.61 Å². The van der Waals surface area contributed by atoms with Crippen LogP contribution in [0.5, 0.6) is 11.5 Å². The van der Waals surface area contributed by atoms with Gasteiger partial charge < -0.3 is 29.6 Å². The number of carbonyl (C=O) groups excluding carboxylic acids is 2. The Kier molecular flexibility index (Phi) is 7.86. The van der Waals surface area contributed by atoms with Gasteiger partial charge in [0.2, 0.25) is 0 Å². The second-order valence-electron chi connectivity index (χ2n) is 6.15. The lowest BCUT2D eigenvalue weighted by atomic mass is 9.89. The molecule has 2 N–H and O–H groups in total. The quantitative estimate of drug-likeness (QED) is 0.445. The molecule has 29 heavy (non-hydrogen) atoms. The van der Waals surface area contributed by atoms with E-state index >= 15 is 0 Å². The van der Waals surface area contributed by atoms with Crippen LogP contribution in [-0.4, -0.2) is 44.0 Å². The lowest BCUT2D eigenvalue weighted by molar-refractivity contribution is -0.150. The van der Waals surface area contributed by atoms with E-state index in [1.54, 1.807) is 26.0 Å². The summed E-state index contributed by atoms with van der Waals surface area (Å²) < 4.78 is 21.6. The first-order valence-electron chi connectivity index (χ1n) is 8.78. The average Bonchev–Trinajstić information content (AvgIpc) is 2.68. The largest absolute Gasteiger partial charge is 0.493 e. The lowest BCUT2D eigenvalue weighted by Gasteiger charge is -2.35. The number of methoxy groups -OCH3 is 2. The highest BCUT2D eigenvalue weighted by molar-refractivity contribution is 9.10. The molecular formula is C19H23BrN2O6S. The third kappa shape index (κ3) is 5.18. The summed E-state index contributed by atoms with van der Waals surface area (Å²) in [5, 5.41) is 6.26. The van der Waals surface area contributed by atoms with E-state index in [2.05, 4.69) is 33.1 Å². The molecule has 1 aromatic carbocycles. The minimum atomic E-state index is -0.835. The fourth-order valence-corrected chi connectivity index (χ4v) is 3.70. The van der Waals surface area contributed by atoms with E-state index in [0.717, 1.165) is 0 Å². The second-order valence-corrected chi connectivity index (χ2v) is 7.41. The number of ether oxygens (including phenoxy) is 4. The van der Waals surface area contributed by atoms with E-state index in [9.17, 15) is 9.59 Å². The van der Waals surface area contributed by atoms with E-state index < -0.39 is 30.0 Å². The van der Waals surface area contributed by atoms with E-state index in [0.29, 0.717) is 32.3 Å². The Labute approximate surface area is 183 Å².